The van der Waals surface area contributed by atoms with Crippen molar-refractivity contribution >= 4 is 29.9 Å². The first-order valence-corrected chi connectivity index (χ1v) is 15.0. The number of aliphatic hydroxyl groups is 1. The minimum Gasteiger partial charge on any atom is -0.392 e. The molecule has 0 aliphatic carbocycles. The highest BCUT2D eigenvalue weighted by Crippen LogP contribution is 2.27. The van der Waals surface area contributed by atoms with Crippen LogP contribution in [0.15, 0.2) is 29.8 Å². The zero-order valence-corrected chi connectivity index (χ0v) is 27.0. The number of amides is 2. The van der Waals surface area contributed by atoms with Crippen molar-refractivity contribution in [3.05, 3.63) is 41.0 Å². The molecule has 9 heteroatoms. The molecule has 0 spiro atoms. The molecule has 0 bridgehead atoms. The van der Waals surface area contributed by atoms with Gasteiger partial charge in [-0.15, -0.1) is 11.3 Å². The van der Waals surface area contributed by atoms with Gasteiger partial charge in [0.05, 0.1) is 22.2 Å². The zero-order valence-electron chi connectivity index (χ0n) is 26.2. The summed E-state index contributed by atoms with van der Waals surface area (Å²) in [7, 11) is 2.04. The Morgan fingerprint density at radius 1 is 1.23 bits per heavy atom. The summed E-state index contributed by atoms with van der Waals surface area (Å²) in [6.07, 6.45) is 5.70. The number of carbonyl (C=O) groups excluding carboxylic acids is 3. The minimum atomic E-state index is -0.193. The molecule has 1 aromatic carbocycles. The molecule has 228 valence electrons. The third kappa shape index (κ3) is 20.3. The smallest absolute Gasteiger partial charge is 0.217 e. The van der Waals surface area contributed by atoms with Gasteiger partial charge in [-0.2, -0.15) is 0 Å². The van der Waals surface area contributed by atoms with Crippen molar-refractivity contribution in [3.63, 3.8) is 0 Å². The molecule has 1 saturated heterocycles. The van der Waals surface area contributed by atoms with Gasteiger partial charge >= 0.3 is 0 Å². The predicted octanol–water partition coefficient (Wildman–Crippen LogP) is 5.75. The van der Waals surface area contributed by atoms with Crippen molar-refractivity contribution in [2.75, 3.05) is 13.6 Å². The Morgan fingerprint density at radius 3 is 2.10 bits per heavy atom. The van der Waals surface area contributed by atoms with Crippen molar-refractivity contribution in [1.82, 2.24) is 15.2 Å². The second-order valence-corrected chi connectivity index (χ2v) is 11.5. The number of likely N-dealkylation sites (N-methyl/N-ethyl adjacent to an activating group) is 1. The van der Waals surface area contributed by atoms with Gasteiger partial charge in [0, 0.05) is 32.0 Å². The van der Waals surface area contributed by atoms with Crippen molar-refractivity contribution in [2.45, 2.75) is 106 Å². The fraction of sp³-hybridized carbons (Fsp3) is 0.613. The number of likely N-dealkylation sites (tertiary alicyclic amines) is 1. The van der Waals surface area contributed by atoms with Gasteiger partial charge in [-0.1, -0.05) is 72.2 Å². The molecule has 0 saturated carbocycles. The van der Waals surface area contributed by atoms with Gasteiger partial charge in [0.15, 0.2) is 0 Å². The number of nitrogens with two attached hydrogens (primary N) is 1. The third-order valence-electron chi connectivity index (χ3n) is 5.69. The highest BCUT2D eigenvalue weighted by atomic mass is 32.1. The van der Waals surface area contributed by atoms with E-state index in [0.717, 1.165) is 43.4 Å². The molecule has 40 heavy (non-hydrogen) atoms. The number of nitrogens with zero attached hydrogens (tertiary/aromatic N) is 2. The molecule has 2 atom stereocenters. The highest BCUT2D eigenvalue weighted by molar-refractivity contribution is 7.13. The Bertz CT molecular complexity index is 916. The van der Waals surface area contributed by atoms with Gasteiger partial charge in [0.2, 0.25) is 12.3 Å². The second-order valence-electron chi connectivity index (χ2n) is 10.6. The lowest BCUT2D eigenvalue weighted by Crippen LogP contribution is -2.21. The number of aliphatic hydroxyl groups excluding tert-OH is 1. The Labute approximate surface area is 246 Å². The summed E-state index contributed by atoms with van der Waals surface area (Å²) in [6, 6.07) is 8.73. The van der Waals surface area contributed by atoms with Gasteiger partial charge < -0.3 is 25.9 Å². The fourth-order valence-corrected chi connectivity index (χ4v) is 4.09. The number of hydrogen-bond acceptors (Lipinski definition) is 7. The molecule has 1 fully saturated rings. The number of β-amino-alcohol motifs (C(OH)–C–C–N with tert-alkyl or cyclic N) is 1. The Morgan fingerprint density at radius 2 is 1.82 bits per heavy atom. The molecule has 2 aromatic rings. The summed E-state index contributed by atoms with van der Waals surface area (Å²) in [4.78, 5) is 37.6. The predicted molar refractivity (Wildman–Crippen MR) is 168 cm³/mol. The molecule has 4 N–H and O–H groups in total. The maximum absolute atomic E-state index is 10.2. The highest BCUT2D eigenvalue weighted by Gasteiger charge is 2.23. The number of thiazole rings is 1. The molecular weight excluding hydrogens is 524 g/mol. The molecule has 1 aromatic heterocycles. The van der Waals surface area contributed by atoms with Crippen LogP contribution in [0.4, 0.5) is 0 Å². The summed E-state index contributed by atoms with van der Waals surface area (Å²) in [6.45, 7) is 17.7. The maximum Gasteiger partial charge on any atom is 0.217 e. The molecule has 2 amide bonds. The molecule has 1 aliphatic heterocycles. The largest absolute Gasteiger partial charge is 0.392 e. The number of aromatic nitrogens is 1. The summed E-state index contributed by atoms with van der Waals surface area (Å²) < 4.78 is 0. The molecule has 0 radical (unpaired) electrons. The Balaban J connectivity index is 0. The number of unbranched alkanes of at least 4 members (excludes halogenated alkanes) is 1. The van der Waals surface area contributed by atoms with Gasteiger partial charge in [0.1, 0.15) is 6.29 Å². The summed E-state index contributed by atoms with van der Waals surface area (Å²) in [5.74, 6) is -0.193. The van der Waals surface area contributed by atoms with E-state index in [0.29, 0.717) is 31.8 Å². The summed E-state index contributed by atoms with van der Waals surface area (Å²) in [5.41, 5.74) is 10.2. The van der Waals surface area contributed by atoms with Crippen molar-refractivity contribution in [2.24, 2.45) is 11.1 Å². The van der Waals surface area contributed by atoms with E-state index in [1.807, 2.05) is 73.2 Å². The SMILES string of the molecule is CC.CC(C)(C)CC=O.CCCCC(N)=O.C[C@@H]1CC(O)CN1C.Cc1ncsc1-c1ccc(CNC=O)cc1. The lowest BCUT2D eigenvalue weighted by Gasteiger charge is -2.11. The molecule has 2 heterocycles. The molecule has 8 nitrogen and oxygen atoms in total. The van der Waals surface area contributed by atoms with Crippen LogP contribution in [0.3, 0.4) is 0 Å². The van der Waals surface area contributed by atoms with Gasteiger partial charge in [-0.3, -0.25) is 9.59 Å². The first-order chi connectivity index (χ1) is 18.8. The number of rotatable bonds is 8. The fourth-order valence-electron chi connectivity index (χ4n) is 3.27. The van der Waals surface area contributed by atoms with E-state index in [1.54, 1.807) is 11.3 Å². The maximum atomic E-state index is 10.2. The van der Waals surface area contributed by atoms with Crippen molar-refractivity contribution in [3.8, 4) is 10.4 Å². The topological polar surface area (TPSA) is 126 Å². The van der Waals surface area contributed by atoms with Gasteiger partial charge in [0.25, 0.3) is 0 Å². The zero-order chi connectivity index (χ0) is 31.1. The number of primary amides is 1. The number of aldehydes is 1. The van der Waals surface area contributed by atoms with Crippen molar-refractivity contribution < 1.29 is 19.5 Å². The first kappa shape index (κ1) is 39.5. The van der Waals surface area contributed by atoms with E-state index in [4.69, 9.17) is 10.8 Å². The van der Waals surface area contributed by atoms with Crippen LogP contribution in [0.25, 0.3) is 10.4 Å². The Hall–Kier alpha value is -2.62. The minimum absolute atomic E-state index is 0.0741. The molecule has 1 unspecified atom stereocenters. The quantitative estimate of drug-likeness (QED) is 0.343. The van der Waals surface area contributed by atoms with Crippen LogP contribution < -0.4 is 11.1 Å². The first-order valence-electron chi connectivity index (χ1n) is 14.1. The van der Waals surface area contributed by atoms with Crippen LogP contribution in [0.5, 0.6) is 0 Å². The second kappa shape index (κ2) is 23.1. The van der Waals surface area contributed by atoms with Crippen LogP contribution >= 0.6 is 11.3 Å². The summed E-state index contributed by atoms with van der Waals surface area (Å²) in [5, 5.41) is 11.7. The summed E-state index contributed by atoms with van der Waals surface area (Å²) >= 11 is 1.64. The van der Waals surface area contributed by atoms with E-state index in [-0.39, 0.29) is 17.4 Å². The van der Waals surface area contributed by atoms with Crippen LogP contribution in [0.2, 0.25) is 0 Å². The van der Waals surface area contributed by atoms with Crippen LogP contribution in [0, 0.1) is 12.3 Å². The van der Waals surface area contributed by atoms with Crippen LogP contribution in [-0.2, 0) is 20.9 Å². The Kier molecular flexibility index (Phi) is 22.8. The number of benzene rings is 1. The molecule has 1 aliphatic rings. The number of hydrogen-bond donors (Lipinski definition) is 3. The number of nitrogens with one attached hydrogen (secondary N) is 1. The van der Waals surface area contributed by atoms with Gasteiger partial charge in [-0.05, 0) is 50.3 Å². The monoisotopic (exact) mass is 578 g/mol. The lowest BCUT2D eigenvalue weighted by molar-refractivity contribution is -0.118. The van der Waals surface area contributed by atoms with Crippen LogP contribution in [0.1, 0.15) is 91.8 Å². The average Bonchev–Trinajstić information content (AvgIpc) is 3.46. The third-order valence-corrected chi connectivity index (χ3v) is 6.67. The lowest BCUT2D eigenvalue weighted by atomic mass is 9.93. The number of aryl methyl sites for hydroxylation is 1. The normalized spacial score (nSPS) is 15.8. The average molecular weight is 579 g/mol. The van der Waals surface area contributed by atoms with Crippen molar-refractivity contribution in [1.29, 1.82) is 0 Å². The molecular formula is C31H54N4O4S. The van der Waals surface area contributed by atoms with E-state index < -0.39 is 0 Å². The standard InChI is InChI=1S/C12H12N2OS.C6H13NO.C6H12O.C5H11NO.C2H6/c1-9-12(16-8-14-9)11-4-2-10(3-5-11)6-13-7-15;1-5-3-6(8)4-7(5)2;1-6(2,3)4-5-7;1-2-3-4-5(6)7;1-2/h2-5,7-8H,6H2,1H3,(H,13,15);5-6,8H,3-4H2,1-2H3;5H,4H2,1-3H3;2-4H2,1H3,(H2,6,7);1-2H3/t;5-,6?;;;/m.1.../s1. The van der Waals surface area contributed by atoms with E-state index in [2.05, 4.69) is 34.3 Å². The van der Waals surface area contributed by atoms with E-state index >= 15 is 0 Å². The van der Waals surface area contributed by atoms with Gasteiger partial charge in [-0.25, -0.2) is 4.98 Å². The number of carbonyl (C=O) groups is 3. The van der Waals surface area contributed by atoms with E-state index in [1.165, 1.54) is 10.4 Å². The van der Waals surface area contributed by atoms with E-state index in [9.17, 15) is 14.4 Å². The van der Waals surface area contributed by atoms with Crippen LogP contribution in [-0.4, -0.2) is 59.3 Å². The molecule has 3 rings (SSSR count).